The van der Waals surface area contributed by atoms with E-state index in [1.807, 2.05) is 32.0 Å². The van der Waals surface area contributed by atoms with Crippen molar-refractivity contribution in [3.8, 4) is 11.5 Å². The molecule has 0 spiro atoms. The maximum Gasteiger partial charge on any atom is 0.341 e. The van der Waals surface area contributed by atoms with E-state index >= 15 is 0 Å². The number of hydrogen-bond donors (Lipinski definition) is 3. The number of benzene rings is 2. The third-order valence-electron chi connectivity index (χ3n) is 4.67. The number of carbonyl (C=O) groups is 2. The molecule has 1 aliphatic rings. The van der Waals surface area contributed by atoms with Gasteiger partial charge < -0.3 is 20.5 Å². The summed E-state index contributed by atoms with van der Waals surface area (Å²) in [7, 11) is 1.44. The number of rotatable bonds is 4. The minimum absolute atomic E-state index is 0.0185. The molecule has 3 amide bonds. The summed E-state index contributed by atoms with van der Waals surface area (Å²) in [5, 5.41) is 15.5. The molecule has 2 unspecified atom stereocenters. The second-order valence-corrected chi connectivity index (χ2v) is 6.95. The zero-order valence-corrected chi connectivity index (χ0v) is 16.2. The van der Waals surface area contributed by atoms with E-state index in [1.165, 1.54) is 13.2 Å². The van der Waals surface area contributed by atoms with Crippen LogP contribution in [-0.4, -0.2) is 29.9 Å². The Morgan fingerprint density at radius 3 is 2.46 bits per heavy atom. The maximum absolute atomic E-state index is 13.1. The van der Waals surface area contributed by atoms with E-state index in [-0.39, 0.29) is 17.4 Å². The van der Waals surface area contributed by atoms with Gasteiger partial charge in [0.15, 0.2) is 11.5 Å². The Kier molecular flexibility index (Phi) is 5.35. The molecule has 2 aromatic carbocycles. The fourth-order valence-corrected chi connectivity index (χ4v) is 3.49. The highest BCUT2D eigenvalue weighted by molar-refractivity contribution is 6.13. The smallest absolute Gasteiger partial charge is 0.341 e. The lowest BCUT2D eigenvalue weighted by Gasteiger charge is -2.30. The molecule has 0 fully saturated rings. The second-order valence-electron chi connectivity index (χ2n) is 6.95. The Labute approximate surface area is 163 Å². The van der Waals surface area contributed by atoms with Crippen LogP contribution in [-0.2, 0) is 4.79 Å². The zero-order valence-electron chi connectivity index (χ0n) is 16.2. The first-order valence-electron chi connectivity index (χ1n) is 8.90. The molecule has 28 heavy (non-hydrogen) atoms. The van der Waals surface area contributed by atoms with Crippen molar-refractivity contribution in [1.82, 2.24) is 5.32 Å². The third kappa shape index (κ3) is 3.98. The maximum atomic E-state index is 13.1. The van der Waals surface area contributed by atoms with E-state index in [9.17, 15) is 14.7 Å². The first-order valence-corrected chi connectivity index (χ1v) is 8.90. The number of hydrogen-bond acceptors (Lipinski definition) is 4. The number of urea groups is 1. The van der Waals surface area contributed by atoms with Crippen LogP contribution < -0.4 is 15.4 Å². The van der Waals surface area contributed by atoms with Gasteiger partial charge in [-0.2, -0.15) is 0 Å². The molecule has 7 heteroatoms. The molecule has 3 rings (SSSR count). The first-order chi connectivity index (χ1) is 13.3. The van der Waals surface area contributed by atoms with Crippen molar-refractivity contribution in [2.45, 2.75) is 26.8 Å². The largest absolute Gasteiger partial charge is 0.504 e. The van der Waals surface area contributed by atoms with Crippen LogP contribution in [0.25, 0.3) is 0 Å². The third-order valence-corrected chi connectivity index (χ3v) is 4.67. The Bertz CT molecular complexity index is 948. The summed E-state index contributed by atoms with van der Waals surface area (Å²) in [6, 6.07) is 9.38. The van der Waals surface area contributed by atoms with Gasteiger partial charge in [0.2, 0.25) is 5.91 Å². The number of anilines is 1. The van der Waals surface area contributed by atoms with Crippen molar-refractivity contribution in [3.63, 3.8) is 0 Å². The van der Waals surface area contributed by atoms with Gasteiger partial charge in [0, 0.05) is 11.4 Å². The summed E-state index contributed by atoms with van der Waals surface area (Å²) in [5.41, 5.74) is 3.82. The number of aromatic hydroxyl groups is 1. The van der Waals surface area contributed by atoms with E-state index in [2.05, 4.69) is 15.6 Å². The molecular weight excluding hydrogens is 358 g/mol. The standard InChI is InChI=1S/C21H23N3O4/c1-11-7-12(2)9-15(8-11)23-20(26)18-13(3)22-21(27)24-19(18)14-5-6-16(25)17(10-14)28-4/h5-10,18-19,25H,1-4H3,(H,23,26)(H,24,27). The highest BCUT2D eigenvalue weighted by Gasteiger charge is 2.37. The predicted octanol–water partition coefficient (Wildman–Crippen LogP) is 3.50. The van der Waals surface area contributed by atoms with E-state index < -0.39 is 18.0 Å². The number of phenols is 1. The highest BCUT2D eigenvalue weighted by Crippen LogP contribution is 2.34. The molecule has 2 aromatic rings. The normalized spacial score (nSPS) is 18.9. The van der Waals surface area contributed by atoms with Crippen molar-refractivity contribution < 1.29 is 19.4 Å². The Morgan fingerprint density at radius 1 is 1.14 bits per heavy atom. The van der Waals surface area contributed by atoms with Crippen molar-refractivity contribution >= 4 is 23.3 Å². The van der Waals surface area contributed by atoms with Crippen LogP contribution in [0.4, 0.5) is 10.5 Å². The number of nitrogens with one attached hydrogen (secondary N) is 2. The summed E-state index contributed by atoms with van der Waals surface area (Å²) in [6.07, 6.45) is 0. The molecule has 0 saturated heterocycles. The fraction of sp³-hybridized carbons (Fsp3) is 0.286. The van der Waals surface area contributed by atoms with Gasteiger partial charge in [0.1, 0.15) is 5.92 Å². The molecule has 0 saturated carbocycles. The van der Waals surface area contributed by atoms with Gasteiger partial charge in [0.25, 0.3) is 0 Å². The van der Waals surface area contributed by atoms with Gasteiger partial charge >= 0.3 is 6.03 Å². The Hall–Kier alpha value is -3.35. The second kappa shape index (κ2) is 7.72. The van der Waals surface area contributed by atoms with Crippen LogP contribution in [0.15, 0.2) is 41.4 Å². The predicted molar refractivity (Wildman–Crippen MR) is 107 cm³/mol. The monoisotopic (exact) mass is 381 g/mol. The Morgan fingerprint density at radius 2 is 1.82 bits per heavy atom. The molecule has 1 heterocycles. The molecule has 0 aliphatic carbocycles. The van der Waals surface area contributed by atoms with Crippen LogP contribution in [0.3, 0.4) is 0 Å². The summed E-state index contributed by atoms with van der Waals surface area (Å²) in [5.74, 6) is -0.730. The minimum atomic E-state index is -0.701. The number of amides is 3. The topological polar surface area (TPSA) is 100 Å². The average Bonchev–Trinajstić information content (AvgIpc) is 2.60. The zero-order chi connectivity index (χ0) is 20.4. The van der Waals surface area contributed by atoms with Gasteiger partial charge in [-0.3, -0.25) is 4.79 Å². The van der Waals surface area contributed by atoms with Crippen molar-refractivity contribution in [2.75, 3.05) is 12.4 Å². The molecular formula is C21H23N3O4. The van der Waals surface area contributed by atoms with E-state index in [1.54, 1.807) is 19.1 Å². The van der Waals surface area contributed by atoms with E-state index in [0.717, 1.165) is 11.1 Å². The molecule has 0 aromatic heterocycles. The van der Waals surface area contributed by atoms with Gasteiger partial charge in [0.05, 0.1) is 13.2 Å². The number of aliphatic imine (C=N–C) groups is 1. The van der Waals surface area contributed by atoms with Crippen LogP contribution in [0.1, 0.15) is 29.7 Å². The van der Waals surface area contributed by atoms with Gasteiger partial charge in [-0.05, 0) is 61.7 Å². The van der Waals surface area contributed by atoms with Gasteiger partial charge in [-0.1, -0.05) is 12.1 Å². The molecule has 0 radical (unpaired) electrons. The van der Waals surface area contributed by atoms with Crippen LogP contribution in [0, 0.1) is 19.8 Å². The molecule has 3 N–H and O–H groups in total. The quantitative estimate of drug-likeness (QED) is 0.755. The lowest BCUT2D eigenvalue weighted by Crippen LogP contribution is -2.45. The van der Waals surface area contributed by atoms with Crippen molar-refractivity contribution in [1.29, 1.82) is 0 Å². The number of phenolic OH excluding ortho intramolecular Hbond substituents is 1. The summed E-state index contributed by atoms with van der Waals surface area (Å²) in [4.78, 5) is 29.0. The number of ether oxygens (including phenoxy) is 1. The lowest BCUT2D eigenvalue weighted by molar-refractivity contribution is -0.118. The molecule has 7 nitrogen and oxygen atoms in total. The number of aryl methyl sites for hydroxylation is 2. The number of nitrogens with zero attached hydrogens (tertiary/aromatic N) is 1. The molecule has 0 bridgehead atoms. The minimum Gasteiger partial charge on any atom is -0.504 e. The SMILES string of the molecule is COc1cc(C2NC(=O)N=C(C)C2C(=O)Nc2cc(C)cc(C)c2)ccc1O. The highest BCUT2D eigenvalue weighted by atomic mass is 16.5. The van der Waals surface area contributed by atoms with Crippen molar-refractivity contribution in [3.05, 3.63) is 53.1 Å². The number of methoxy groups -OCH3 is 1. The van der Waals surface area contributed by atoms with E-state index in [0.29, 0.717) is 17.0 Å². The van der Waals surface area contributed by atoms with Crippen molar-refractivity contribution in [2.24, 2.45) is 10.9 Å². The van der Waals surface area contributed by atoms with Crippen LogP contribution in [0.5, 0.6) is 11.5 Å². The van der Waals surface area contributed by atoms with Gasteiger partial charge in [-0.15, -0.1) is 0 Å². The molecule has 2 atom stereocenters. The molecule has 1 aliphatic heterocycles. The molecule has 146 valence electrons. The summed E-state index contributed by atoms with van der Waals surface area (Å²) in [6.45, 7) is 5.58. The van der Waals surface area contributed by atoms with E-state index in [4.69, 9.17) is 4.74 Å². The van der Waals surface area contributed by atoms with Gasteiger partial charge in [-0.25, -0.2) is 9.79 Å². The number of carbonyl (C=O) groups excluding carboxylic acids is 2. The average molecular weight is 381 g/mol. The van der Waals surface area contributed by atoms with Crippen LogP contribution in [0.2, 0.25) is 0 Å². The van der Waals surface area contributed by atoms with Crippen LogP contribution >= 0.6 is 0 Å². The first kappa shape index (κ1) is 19.4. The fourth-order valence-electron chi connectivity index (χ4n) is 3.49. The lowest BCUT2D eigenvalue weighted by atomic mass is 9.87. The summed E-state index contributed by atoms with van der Waals surface area (Å²) >= 11 is 0. The Balaban J connectivity index is 1.96. The summed E-state index contributed by atoms with van der Waals surface area (Å²) < 4.78 is 5.15.